The number of benzene rings is 1. The number of halogens is 1. The quantitative estimate of drug-likeness (QED) is 0.898. The molecule has 1 N–H and O–H groups in total. The molecule has 3 aliphatic heterocycles. The number of hydrogen-bond acceptors (Lipinski definition) is 3. The lowest BCUT2D eigenvalue weighted by Crippen LogP contribution is -2.52. The van der Waals surface area contributed by atoms with Gasteiger partial charge < -0.3 is 10.2 Å². The zero-order chi connectivity index (χ0) is 18.0. The van der Waals surface area contributed by atoms with E-state index < -0.39 is 0 Å². The van der Waals surface area contributed by atoms with Crippen LogP contribution in [0, 0.1) is 11.2 Å². The number of amides is 1. The molecule has 3 fully saturated rings. The van der Waals surface area contributed by atoms with Gasteiger partial charge in [-0.3, -0.25) is 9.69 Å². The number of nitrogens with one attached hydrogen (secondary N) is 1. The van der Waals surface area contributed by atoms with Crippen LogP contribution in [0.5, 0.6) is 0 Å². The Hall–Kier alpha value is -1.46. The molecule has 5 heteroatoms. The average Bonchev–Trinajstić information content (AvgIpc) is 3.19. The number of piperidine rings is 2. The Morgan fingerprint density at radius 2 is 1.85 bits per heavy atom. The van der Waals surface area contributed by atoms with Gasteiger partial charge >= 0.3 is 0 Å². The molecule has 3 aliphatic rings. The average molecular weight is 359 g/mol. The second-order valence-electron chi connectivity index (χ2n) is 8.30. The summed E-state index contributed by atoms with van der Waals surface area (Å²) in [6.45, 7) is 5.54. The van der Waals surface area contributed by atoms with Gasteiger partial charge in [0.15, 0.2) is 0 Å². The lowest BCUT2D eigenvalue weighted by molar-refractivity contribution is -0.139. The maximum atomic E-state index is 14.6. The summed E-state index contributed by atoms with van der Waals surface area (Å²) in [7, 11) is 0. The maximum Gasteiger partial charge on any atom is 0.222 e. The van der Waals surface area contributed by atoms with Gasteiger partial charge in [0.25, 0.3) is 0 Å². The van der Waals surface area contributed by atoms with Crippen molar-refractivity contribution in [3.8, 4) is 0 Å². The highest BCUT2D eigenvalue weighted by molar-refractivity contribution is 5.77. The van der Waals surface area contributed by atoms with E-state index in [2.05, 4.69) is 10.2 Å². The normalized spacial score (nSPS) is 25.0. The second kappa shape index (κ2) is 7.65. The van der Waals surface area contributed by atoms with Crippen LogP contribution in [0.2, 0.25) is 0 Å². The Balaban J connectivity index is 1.56. The van der Waals surface area contributed by atoms with Crippen molar-refractivity contribution < 1.29 is 9.18 Å². The van der Waals surface area contributed by atoms with Gasteiger partial charge in [-0.25, -0.2) is 4.39 Å². The summed E-state index contributed by atoms with van der Waals surface area (Å²) in [5, 5.41) is 3.44. The summed E-state index contributed by atoms with van der Waals surface area (Å²) in [6.07, 6.45) is 6.26. The molecule has 1 aromatic carbocycles. The molecule has 0 saturated carbocycles. The summed E-state index contributed by atoms with van der Waals surface area (Å²) in [6, 6.07) is 7.07. The summed E-state index contributed by atoms with van der Waals surface area (Å²) < 4.78 is 14.6. The van der Waals surface area contributed by atoms with Crippen LogP contribution in [0.15, 0.2) is 24.3 Å². The Morgan fingerprint density at radius 1 is 1.12 bits per heavy atom. The highest BCUT2D eigenvalue weighted by Gasteiger charge is 2.40. The fraction of sp³-hybridized carbons (Fsp3) is 0.667. The third-order valence-corrected chi connectivity index (χ3v) is 6.65. The number of hydrogen-bond donors (Lipinski definition) is 1. The van der Waals surface area contributed by atoms with Gasteiger partial charge in [0, 0.05) is 25.1 Å². The summed E-state index contributed by atoms with van der Waals surface area (Å²) >= 11 is 0. The first kappa shape index (κ1) is 17.9. The minimum Gasteiger partial charge on any atom is -0.340 e. The van der Waals surface area contributed by atoms with Gasteiger partial charge in [0.1, 0.15) is 5.82 Å². The zero-order valence-electron chi connectivity index (χ0n) is 15.6. The first-order valence-electron chi connectivity index (χ1n) is 10.1. The maximum absolute atomic E-state index is 14.6. The van der Waals surface area contributed by atoms with E-state index in [-0.39, 0.29) is 23.2 Å². The topological polar surface area (TPSA) is 35.6 Å². The molecule has 3 saturated heterocycles. The van der Waals surface area contributed by atoms with Crippen molar-refractivity contribution in [3.63, 3.8) is 0 Å². The van der Waals surface area contributed by atoms with Crippen molar-refractivity contribution in [2.75, 3.05) is 39.3 Å². The van der Waals surface area contributed by atoms with Gasteiger partial charge in [-0.1, -0.05) is 18.2 Å². The van der Waals surface area contributed by atoms with Crippen LogP contribution in [-0.4, -0.2) is 55.0 Å². The lowest BCUT2D eigenvalue weighted by atomic mass is 9.72. The largest absolute Gasteiger partial charge is 0.340 e. The summed E-state index contributed by atoms with van der Waals surface area (Å²) in [5.41, 5.74) is 1.01. The van der Waals surface area contributed by atoms with Crippen LogP contribution in [0.1, 0.15) is 50.1 Å². The van der Waals surface area contributed by atoms with Crippen LogP contribution in [-0.2, 0) is 4.79 Å². The van der Waals surface area contributed by atoms with Crippen LogP contribution >= 0.6 is 0 Å². The Labute approximate surface area is 155 Å². The van der Waals surface area contributed by atoms with Crippen molar-refractivity contribution in [1.29, 1.82) is 0 Å². The van der Waals surface area contributed by atoms with Crippen molar-refractivity contribution in [1.82, 2.24) is 15.1 Å². The van der Waals surface area contributed by atoms with E-state index in [1.54, 1.807) is 12.1 Å². The monoisotopic (exact) mass is 359 g/mol. The number of carbonyl (C=O) groups is 1. The predicted molar refractivity (Wildman–Crippen MR) is 100 cm³/mol. The Morgan fingerprint density at radius 3 is 2.58 bits per heavy atom. The van der Waals surface area contributed by atoms with Gasteiger partial charge in [0.2, 0.25) is 5.91 Å². The van der Waals surface area contributed by atoms with Crippen LogP contribution < -0.4 is 5.32 Å². The van der Waals surface area contributed by atoms with Crippen LogP contribution in [0.25, 0.3) is 0 Å². The first-order valence-corrected chi connectivity index (χ1v) is 10.1. The van der Waals surface area contributed by atoms with E-state index >= 15 is 0 Å². The van der Waals surface area contributed by atoms with Gasteiger partial charge in [-0.15, -0.1) is 0 Å². The molecule has 4 rings (SSSR count). The summed E-state index contributed by atoms with van der Waals surface area (Å²) in [5.74, 6) is 0.0973. The molecule has 4 nitrogen and oxygen atoms in total. The third-order valence-electron chi connectivity index (χ3n) is 6.65. The van der Waals surface area contributed by atoms with Gasteiger partial charge in [-0.2, -0.15) is 0 Å². The standard InChI is InChI=1S/C21H30FN3O/c22-18-6-2-1-5-17(18)19(24-13-3-4-14-24)15-25-16-21(8-7-20(25)26)9-11-23-12-10-21/h1-2,5-6,19,23H,3-4,7-16H2. The highest BCUT2D eigenvalue weighted by Crippen LogP contribution is 2.39. The fourth-order valence-electron chi connectivity index (χ4n) is 5.05. The number of nitrogens with zero attached hydrogens (tertiary/aromatic N) is 2. The zero-order valence-corrected chi connectivity index (χ0v) is 15.6. The minimum atomic E-state index is -0.148. The Kier molecular flexibility index (Phi) is 5.28. The molecule has 26 heavy (non-hydrogen) atoms. The van der Waals surface area contributed by atoms with Crippen LogP contribution in [0.3, 0.4) is 0 Å². The first-order chi connectivity index (χ1) is 12.7. The minimum absolute atomic E-state index is 0.0282. The van der Waals surface area contributed by atoms with Crippen molar-refractivity contribution >= 4 is 5.91 Å². The van der Waals surface area contributed by atoms with Gasteiger partial charge in [0.05, 0.1) is 6.04 Å². The van der Waals surface area contributed by atoms with E-state index in [9.17, 15) is 9.18 Å². The lowest BCUT2D eigenvalue weighted by Gasteiger charge is -2.46. The van der Waals surface area contributed by atoms with Crippen molar-refractivity contribution in [2.24, 2.45) is 5.41 Å². The molecule has 1 atom stereocenters. The molecule has 1 spiro atoms. The van der Waals surface area contributed by atoms with Crippen molar-refractivity contribution in [3.05, 3.63) is 35.6 Å². The van der Waals surface area contributed by atoms with E-state index in [4.69, 9.17) is 0 Å². The van der Waals surface area contributed by atoms with Gasteiger partial charge in [-0.05, 0) is 69.8 Å². The predicted octanol–water partition coefficient (Wildman–Crippen LogP) is 2.95. The number of rotatable bonds is 4. The smallest absolute Gasteiger partial charge is 0.222 e. The molecule has 0 bridgehead atoms. The van der Waals surface area contributed by atoms with E-state index in [0.29, 0.717) is 13.0 Å². The molecule has 3 heterocycles. The summed E-state index contributed by atoms with van der Waals surface area (Å²) in [4.78, 5) is 17.1. The Bertz CT molecular complexity index is 638. The van der Waals surface area contributed by atoms with Crippen LogP contribution in [0.4, 0.5) is 4.39 Å². The van der Waals surface area contributed by atoms with E-state index in [1.807, 2.05) is 17.0 Å². The third kappa shape index (κ3) is 3.65. The molecule has 1 aromatic rings. The number of likely N-dealkylation sites (tertiary alicyclic amines) is 2. The molecule has 142 valence electrons. The molecular formula is C21H30FN3O. The fourth-order valence-corrected chi connectivity index (χ4v) is 5.05. The van der Waals surface area contributed by atoms with E-state index in [1.165, 1.54) is 0 Å². The second-order valence-corrected chi connectivity index (χ2v) is 8.30. The van der Waals surface area contributed by atoms with E-state index in [0.717, 1.165) is 70.4 Å². The highest BCUT2D eigenvalue weighted by atomic mass is 19.1. The molecule has 0 aromatic heterocycles. The molecule has 1 unspecified atom stereocenters. The number of carbonyl (C=O) groups excluding carboxylic acids is 1. The SMILES string of the molecule is O=C1CCC2(CCNCC2)CN1CC(c1ccccc1F)N1CCCC1. The molecule has 1 amide bonds. The molecule has 0 radical (unpaired) electrons. The molecule has 0 aliphatic carbocycles. The van der Waals surface area contributed by atoms with Crippen molar-refractivity contribution in [2.45, 2.75) is 44.6 Å². The molecular weight excluding hydrogens is 329 g/mol.